The molecule has 2 rings (SSSR count). The summed E-state index contributed by atoms with van der Waals surface area (Å²) in [6, 6.07) is 3.86. The molecule has 5 heteroatoms. The minimum atomic E-state index is 0.0662. The van der Waals surface area contributed by atoms with Gasteiger partial charge in [-0.1, -0.05) is 19.0 Å². The topological polar surface area (TPSA) is 74.7 Å². The molecule has 0 amide bonds. The molecule has 2 atom stereocenters. The molecule has 2 unspecified atom stereocenters. The Bertz CT molecular complexity index is 436. The Kier molecular flexibility index (Phi) is 3.69. The number of aromatic nitrogens is 1. The summed E-state index contributed by atoms with van der Waals surface area (Å²) in [5, 5.41) is 11.9. The average Bonchev–Trinajstić information content (AvgIpc) is 2.36. The Balaban J connectivity index is 2.32. The van der Waals surface area contributed by atoms with Gasteiger partial charge in [-0.15, -0.1) is 0 Å². The molecule has 0 radical (unpaired) electrons. The summed E-state index contributed by atoms with van der Waals surface area (Å²) in [5.74, 6) is 1.36. The molecule has 5 nitrogen and oxygen atoms in total. The molecule has 0 bridgehead atoms. The number of hydrogen-bond acceptors (Lipinski definition) is 4. The number of anilines is 1. The molecular weight excluding hydrogens is 228 g/mol. The van der Waals surface area contributed by atoms with Crippen LogP contribution in [0.2, 0.25) is 0 Å². The van der Waals surface area contributed by atoms with E-state index in [0.717, 1.165) is 18.8 Å². The maximum absolute atomic E-state index is 8.82. The summed E-state index contributed by atoms with van der Waals surface area (Å²) >= 11 is 0. The molecule has 1 saturated heterocycles. The first-order valence-corrected chi connectivity index (χ1v) is 6.29. The van der Waals surface area contributed by atoms with Crippen LogP contribution in [0.25, 0.3) is 0 Å². The van der Waals surface area contributed by atoms with Crippen molar-refractivity contribution >= 4 is 11.5 Å². The van der Waals surface area contributed by atoms with E-state index in [1.54, 1.807) is 6.20 Å². The minimum Gasteiger partial charge on any atom is -0.409 e. The van der Waals surface area contributed by atoms with Gasteiger partial charge in [-0.3, -0.25) is 4.98 Å². The second kappa shape index (κ2) is 5.25. The van der Waals surface area contributed by atoms with Gasteiger partial charge < -0.3 is 15.8 Å². The van der Waals surface area contributed by atoms with E-state index in [0.29, 0.717) is 17.5 Å². The third-order valence-corrected chi connectivity index (χ3v) is 3.35. The molecule has 1 aliphatic heterocycles. The number of hydrogen-bond donors (Lipinski definition) is 2. The Hall–Kier alpha value is -1.78. The predicted octanol–water partition coefficient (Wildman–Crippen LogP) is 1.66. The van der Waals surface area contributed by atoms with Gasteiger partial charge in [0.15, 0.2) is 5.84 Å². The smallest absolute Gasteiger partial charge is 0.190 e. The molecule has 1 aromatic heterocycles. The summed E-state index contributed by atoms with van der Waals surface area (Å²) in [7, 11) is 0. The molecule has 1 aromatic rings. The number of oxime groups is 1. The molecule has 1 fully saturated rings. The Morgan fingerprint density at radius 2 is 2.11 bits per heavy atom. The van der Waals surface area contributed by atoms with Gasteiger partial charge in [0.2, 0.25) is 0 Å². The fraction of sp³-hybridized carbons (Fsp3) is 0.538. The zero-order valence-corrected chi connectivity index (χ0v) is 10.9. The SMILES string of the molecule is CC1CC(C)CN(c2cccnc2/C(N)=N/O)C1. The van der Waals surface area contributed by atoms with Crippen molar-refractivity contribution in [3.05, 3.63) is 24.0 Å². The Morgan fingerprint density at radius 3 is 2.72 bits per heavy atom. The summed E-state index contributed by atoms with van der Waals surface area (Å²) in [6.07, 6.45) is 2.91. The van der Waals surface area contributed by atoms with E-state index in [1.165, 1.54) is 6.42 Å². The largest absolute Gasteiger partial charge is 0.409 e. The van der Waals surface area contributed by atoms with Crippen molar-refractivity contribution in [1.82, 2.24) is 4.98 Å². The molecular formula is C13H20N4O. The average molecular weight is 248 g/mol. The van der Waals surface area contributed by atoms with Crippen LogP contribution in [-0.2, 0) is 0 Å². The molecule has 98 valence electrons. The fourth-order valence-electron chi connectivity index (χ4n) is 2.76. The van der Waals surface area contributed by atoms with E-state index >= 15 is 0 Å². The van der Waals surface area contributed by atoms with E-state index in [9.17, 15) is 0 Å². The van der Waals surface area contributed by atoms with Gasteiger partial charge in [-0.25, -0.2) is 0 Å². The van der Waals surface area contributed by atoms with Crippen LogP contribution >= 0.6 is 0 Å². The zero-order valence-electron chi connectivity index (χ0n) is 10.9. The highest BCUT2D eigenvalue weighted by molar-refractivity contribution is 6.00. The van der Waals surface area contributed by atoms with Crippen molar-refractivity contribution < 1.29 is 5.21 Å². The van der Waals surface area contributed by atoms with Gasteiger partial charge in [0.1, 0.15) is 5.69 Å². The van der Waals surface area contributed by atoms with Crippen molar-refractivity contribution in [1.29, 1.82) is 0 Å². The number of amidine groups is 1. The lowest BCUT2D eigenvalue weighted by Crippen LogP contribution is -2.40. The highest BCUT2D eigenvalue weighted by atomic mass is 16.4. The predicted molar refractivity (Wildman–Crippen MR) is 71.9 cm³/mol. The van der Waals surface area contributed by atoms with Gasteiger partial charge >= 0.3 is 0 Å². The van der Waals surface area contributed by atoms with Crippen molar-refractivity contribution in [2.45, 2.75) is 20.3 Å². The van der Waals surface area contributed by atoms with Crippen LogP contribution in [0.5, 0.6) is 0 Å². The maximum atomic E-state index is 8.82. The van der Waals surface area contributed by atoms with E-state index in [1.807, 2.05) is 12.1 Å². The van der Waals surface area contributed by atoms with Gasteiger partial charge in [-0.2, -0.15) is 0 Å². The first kappa shape index (κ1) is 12.7. The molecule has 0 spiro atoms. The van der Waals surface area contributed by atoms with Crippen LogP contribution in [0.1, 0.15) is 26.0 Å². The molecule has 3 N–H and O–H groups in total. The standard InChI is InChI=1S/C13H20N4O/c1-9-6-10(2)8-17(7-9)11-4-3-5-15-12(11)13(14)16-18/h3-5,9-10,18H,6-8H2,1-2H3,(H2,14,16). The van der Waals surface area contributed by atoms with E-state index in [4.69, 9.17) is 10.9 Å². The number of piperidine rings is 1. The third kappa shape index (κ3) is 2.55. The van der Waals surface area contributed by atoms with Crippen molar-refractivity contribution in [3.8, 4) is 0 Å². The highest BCUT2D eigenvalue weighted by Crippen LogP contribution is 2.27. The van der Waals surface area contributed by atoms with Crippen LogP contribution in [0.15, 0.2) is 23.5 Å². The summed E-state index contributed by atoms with van der Waals surface area (Å²) in [4.78, 5) is 6.49. The van der Waals surface area contributed by atoms with E-state index in [-0.39, 0.29) is 5.84 Å². The van der Waals surface area contributed by atoms with E-state index in [2.05, 4.69) is 28.9 Å². The number of rotatable bonds is 2. The molecule has 0 saturated carbocycles. The van der Waals surface area contributed by atoms with Crippen LogP contribution < -0.4 is 10.6 Å². The molecule has 0 aliphatic carbocycles. The van der Waals surface area contributed by atoms with Gasteiger partial charge in [-0.05, 0) is 30.4 Å². The highest BCUT2D eigenvalue weighted by Gasteiger charge is 2.24. The second-order valence-corrected chi connectivity index (χ2v) is 5.21. The lowest BCUT2D eigenvalue weighted by molar-refractivity contribution is 0.318. The molecule has 18 heavy (non-hydrogen) atoms. The van der Waals surface area contributed by atoms with Crippen LogP contribution in [-0.4, -0.2) is 29.1 Å². The zero-order chi connectivity index (χ0) is 13.1. The summed E-state index contributed by atoms with van der Waals surface area (Å²) in [5.41, 5.74) is 7.19. The quantitative estimate of drug-likeness (QED) is 0.361. The number of pyridine rings is 1. The van der Waals surface area contributed by atoms with Crippen LogP contribution in [0.4, 0.5) is 5.69 Å². The van der Waals surface area contributed by atoms with Gasteiger partial charge in [0, 0.05) is 19.3 Å². The molecule has 0 aromatic carbocycles. The molecule has 1 aliphatic rings. The lowest BCUT2D eigenvalue weighted by Gasteiger charge is -2.37. The Morgan fingerprint density at radius 1 is 1.44 bits per heavy atom. The second-order valence-electron chi connectivity index (χ2n) is 5.21. The van der Waals surface area contributed by atoms with Crippen LogP contribution in [0.3, 0.4) is 0 Å². The van der Waals surface area contributed by atoms with Crippen molar-refractivity contribution in [2.24, 2.45) is 22.7 Å². The van der Waals surface area contributed by atoms with E-state index < -0.39 is 0 Å². The molecule has 2 heterocycles. The maximum Gasteiger partial charge on any atom is 0.190 e. The third-order valence-electron chi connectivity index (χ3n) is 3.35. The lowest BCUT2D eigenvalue weighted by atomic mass is 9.91. The number of nitrogens with zero attached hydrogens (tertiary/aromatic N) is 3. The van der Waals surface area contributed by atoms with Crippen molar-refractivity contribution in [3.63, 3.8) is 0 Å². The monoisotopic (exact) mass is 248 g/mol. The van der Waals surface area contributed by atoms with Crippen molar-refractivity contribution in [2.75, 3.05) is 18.0 Å². The normalized spacial score (nSPS) is 25.2. The first-order chi connectivity index (χ1) is 8.61. The van der Waals surface area contributed by atoms with Gasteiger partial charge in [0.05, 0.1) is 5.69 Å². The van der Waals surface area contributed by atoms with Gasteiger partial charge in [0.25, 0.3) is 0 Å². The number of nitrogens with two attached hydrogens (primary N) is 1. The fourth-order valence-corrected chi connectivity index (χ4v) is 2.76. The Labute approximate surface area is 107 Å². The minimum absolute atomic E-state index is 0.0662. The summed E-state index contributed by atoms with van der Waals surface area (Å²) < 4.78 is 0. The first-order valence-electron chi connectivity index (χ1n) is 6.29. The summed E-state index contributed by atoms with van der Waals surface area (Å²) in [6.45, 7) is 6.48. The van der Waals surface area contributed by atoms with Crippen LogP contribution in [0, 0.1) is 11.8 Å².